The van der Waals surface area contributed by atoms with E-state index < -0.39 is 0 Å². The van der Waals surface area contributed by atoms with Crippen LogP contribution >= 0.6 is 0 Å². The minimum Gasteiger partial charge on any atom is -0.493 e. The molecule has 3 heteroatoms. The molecule has 3 unspecified atom stereocenters. The summed E-state index contributed by atoms with van der Waals surface area (Å²) in [6, 6.07) is 9.37. The molecule has 0 spiro atoms. The summed E-state index contributed by atoms with van der Waals surface area (Å²) in [5, 5.41) is 3.84. The molecule has 0 aliphatic carbocycles. The van der Waals surface area contributed by atoms with Gasteiger partial charge in [-0.25, -0.2) is 0 Å². The number of hydrogen-bond donors (Lipinski definition) is 1. The van der Waals surface area contributed by atoms with E-state index in [1.165, 1.54) is 5.56 Å². The average molecular weight is 275 g/mol. The fourth-order valence-electron chi connectivity index (χ4n) is 3.32. The van der Waals surface area contributed by atoms with Gasteiger partial charge < -0.3 is 14.8 Å². The largest absolute Gasteiger partial charge is 0.493 e. The topological polar surface area (TPSA) is 30.5 Å². The smallest absolute Gasteiger partial charge is 0.124 e. The van der Waals surface area contributed by atoms with E-state index in [-0.39, 0.29) is 5.60 Å². The highest BCUT2D eigenvalue weighted by atomic mass is 16.5. The van der Waals surface area contributed by atoms with Gasteiger partial charge in [-0.1, -0.05) is 25.1 Å². The van der Waals surface area contributed by atoms with Crippen molar-refractivity contribution in [1.82, 2.24) is 5.32 Å². The molecule has 1 fully saturated rings. The quantitative estimate of drug-likeness (QED) is 0.916. The van der Waals surface area contributed by atoms with E-state index in [0.29, 0.717) is 12.1 Å². The number of nitrogens with one attached hydrogen (secondary N) is 1. The lowest BCUT2D eigenvalue weighted by atomic mass is 9.88. The van der Waals surface area contributed by atoms with Crippen molar-refractivity contribution in [2.45, 2.75) is 57.2 Å². The van der Waals surface area contributed by atoms with Crippen molar-refractivity contribution >= 4 is 0 Å². The summed E-state index contributed by atoms with van der Waals surface area (Å²) in [5.41, 5.74) is 1.35. The monoisotopic (exact) mass is 275 g/mol. The minimum atomic E-state index is 0.0423. The molecule has 2 aliphatic heterocycles. The van der Waals surface area contributed by atoms with Crippen LogP contribution in [-0.2, 0) is 4.74 Å². The highest BCUT2D eigenvalue weighted by Gasteiger charge is 2.33. The number of fused-ring (bicyclic) bond motifs is 1. The molecule has 0 amide bonds. The first-order valence-electron chi connectivity index (χ1n) is 7.82. The zero-order valence-corrected chi connectivity index (χ0v) is 12.5. The van der Waals surface area contributed by atoms with Gasteiger partial charge in [0.15, 0.2) is 0 Å². The molecule has 3 rings (SSSR count). The highest BCUT2D eigenvalue weighted by molar-refractivity contribution is 5.37. The minimum absolute atomic E-state index is 0.0423. The van der Waals surface area contributed by atoms with Crippen LogP contribution in [0.4, 0.5) is 0 Å². The summed E-state index contributed by atoms with van der Waals surface area (Å²) >= 11 is 0. The second kappa shape index (κ2) is 5.74. The Balaban J connectivity index is 1.70. The predicted molar refractivity (Wildman–Crippen MR) is 80.1 cm³/mol. The molecule has 3 atom stereocenters. The number of benzene rings is 1. The summed E-state index contributed by atoms with van der Waals surface area (Å²) in [6.07, 6.45) is 4.34. The number of rotatable bonds is 3. The Bertz CT molecular complexity index is 462. The van der Waals surface area contributed by atoms with E-state index in [4.69, 9.17) is 9.47 Å². The third-order valence-electron chi connectivity index (χ3n) is 4.74. The van der Waals surface area contributed by atoms with E-state index in [2.05, 4.69) is 37.4 Å². The third-order valence-corrected chi connectivity index (χ3v) is 4.74. The first kappa shape index (κ1) is 13.9. The number of para-hydroxylation sites is 1. The van der Waals surface area contributed by atoms with Crippen LogP contribution in [0.2, 0.25) is 0 Å². The van der Waals surface area contributed by atoms with Gasteiger partial charge in [0.25, 0.3) is 0 Å². The molecule has 0 bridgehead atoms. The molecular weight excluding hydrogens is 250 g/mol. The van der Waals surface area contributed by atoms with Crippen LogP contribution in [0.15, 0.2) is 24.3 Å². The Morgan fingerprint density at radius 1 is 1.25 bits per heavy atom. The zero-order chi connectivity index (χ0) is 14.0. The molecular formula is C17H25NO2. The third kappa shape index (κ3) is 2.84. The molecule has 1 N–H and O–H groups in total. The van der Waals surface area contributed by atoms with Gasteiger partial charge in [0.1, 0.15) is 5.75 Å². The SMILES string of the molecule is CCC1(C)CC(NC2CCOc3ccccc32)CCO1. The zero-order valence-electron chi connectivity index (χ0n) is 12.5. The Hall–Kier alpha value is -1.06. The lowest BCUT2D eigenvalue weighted by molar-refractivity contribution is -0.0795. The predicted octanol–water partition coefficient (Wildman–Crippen LogP) is 3.45. The lowest BCUT2D eigenvalue weighted by Crippen LogP contribution is -2.46. The van der Waals surface area contributed by atoms with Gasteiger partial charge in [0.2, 0.25) is 0 Å². The maximum absolute atomic E-state index is 5.94. The van der Waals surface area contributed by atoms with Crippen LogP contribution < -0.4 is 10.1 Å². The molecule has 1 saturated heterocycles. The molecule has 1 aromatic carbocycles. The van der Waals surface area contributed by atoms with Gasteiger partial charge in [0.05, 0.1) is 12.2 Å². The van der Waals surface area contributed by atoms with Crippen molar-refractivity contribution < 1.29 is 9.47 Å². The summed E-state index contributed by atoms with van der Waals surface area (Å²) in [5.74, 6) is 1.04. The van der Waals surface area contributed by atoms with Crippen molar-refractivity contribution in [1.29, 1.82) is 0 Å². The highest BCUT2D eigenvalue weighted by Crippen LogP contribution is 2.34. The molecule has 2 aliphatic rings. The molecule has 0 aromatic heterocycles. The summed E-state index contributed by atoms with van der Waals surface area (Å²) < 4.78 is 11.7. The van der Waals surface area contributed by atoms with Crippen LogP contribution in [0, 0.1) is 0 Å². The lowest BCUT2D eigenvalue weighted by Gasteiger charge is -2.40. The molecule has 110 valence electrons. The summed E-state index contributed by atoms with van der Waals surface area (Å²) in [7, 11) is 0. The Morgan fingerprint density at radius 2 is 2.10 bits per heavy atom. The van der Waals surface area contributed by atoms with Gasteiger partial charge in [-0.2, -0.15) is 0 Å². The van der Waals surface area contributed by atoms with Crippen molar-refractivity contribution in [3.05, 3.63) is 29.8 Å². The van der Waals surface area contributed by atoms with E-state index >= 15 is 0 Å². The standard InChI is InChI=1S/C17H25NO2/c1-3-17(2)12-13(8-11-20-17)18-15-9-10-19-16-7-5-4-6-14(15)16/h4-7,13,15,18H,3,8-12H2,1-2H3. The van der Waals surface area contributed by atoms with Crippen LogP contribution in [0.1, 0.15) is 51.1 Å². The van der Waals surface area contributed by atoms with Gasteiger partial charge in [-0.05, 0) is 32.3 Å². The molecule has 20 heavy (non-hydrogen) atoms. The van der Waals surface area contributed by atoms with Crippen molar-refractivity contribution in [2.75, 3.05) is 13.2 Å². The van der Waals surface area contributed by atoms with E-state index in [9.17, 15) is 0 Å². The maximum atomic E-state index is 5.94. The van der Waals surface area contributed by atoms with E-state index in [1.54, 1.807) is 0 Å². The average Bonchev–Trinajstić information content (AvgIpc) is 2.48. The van der Waals surface area contributed by atoms with Gasteiger partial charge in [0, 0.05) is 30.7 Å². The van der Waals surface area contributed by atoms with Crippen molar-refractivity contribution in [3.63, 3.8) is 0 Å². The first-order chi connectivity index (χ1) is 9.70. The Kier molecular flexibility index (Phi) is 3.99. The summed E-state index contributed by atoms with van der Waals surface area (Å²) in [4.78, 5) is 0. The van der Waals surface area contributed by atoms with Crippen LogP contribution in [0.5, 0.6) is 5.75 Å². The number of ether oxygens (including phenoxy) is 2. The van der Waals surface area contributed by atoms with E-state index in [0.717, 1.165) is 44.6 Å². The second-order valence-corrected chi connectivity index (χ2v) is 6.24. The number of hydrogen-bond acceptors (Lipinski definition) is 3. The molecule has 3 nitrogen and oxygen atoms in total. The first-order valence-corrected chi connectivity index (χ1v) is 7.82. The Morgan fingerprint density at radius 3 is 2.95 bits per heavy atom. The molecule has 2 heterocycles. The molecule has 0 saturated carbocycles. The fourth-order valence-corrected chi connectivity index (χ4v) is 3.32. The van der Waals surface area contributed by atoms with Crippen molar-refractivity contribution in [3.8, 4) is 5.75 Å². The Labute approximate surface area is 121 Å². The molecule has 0 radical (unpaired) electrons. The van der Waals surface area contributed by atoms with Gasteiger partial charge in [-0.3, -0.25) is 0 Å². The van der Waals surface area contributed by atoms with Gasteiger partial charge >= 0.3 is 0 Å². The van der Waals surface area contributed by atoms with E-state index in [1.807, 2.05) is 6.07 Å². The van der Waals surface area contributed by atoms with Gasteiger partial charge in [-0.15, -0.1) is 0 Å². The van der Waals surface area contributed by atoms with Crippen LogP contribution in [0.3, 0.4) is 0 Å². The normalized spacial score (nSPS) is 33.3. The second-order valence-electron chi connectivity index (χ2n) is 6.24. The van der Waals surface area contributed by atoms with Crippen LogP contribution in [0.25, 0.3) is 0 Å². The van der Waals surface area contributed by atoms with Crippen LogP contribution in [-0.4, -0.2) is 24.9 Å². The summed E-state index contributed by atoms with van der Waals surface area (Å²) in [6.45, 7) is 6.13. The maximum Gasteiger partial charge on any atom is 0.124 e. The fraction of sp³-hybridized carbons (Fsp3) is 0.647. The molecule has 1 aromatic rings. The van der Waals surface area contributed by atoms with Crippen molar-refractivity contribution in [2.24, 2.45) is 0 Å².